The maximum absolute atomic E-state index is 6.33. The lowest BCUT2D eigenvalue weighted by atomic mass is 10.1. The van der Waals surface area contributed by atoms with E-state index in [0.717, 1.165) is 35.4 Å². The first-order valence-electron chi connectivity index (χ1n) is 8.47. The third-order valence-corrected chi connectivity index (χ3v) is 4.97. The van der Waals surface area contributed by atoms with Crippen LogP contribution in [0.3, 0.4) is 0 Å². The molecule has 1 saturated heterocycles. The van der Waals surface area contributed by atoms with Crippen molar-refractivity contribution >= 4 is 22.6 Å². The standard InChI is InChI=1S/C18H20ClN5/c19-16-7-3-2-6-14(16)17-15-12-22-24(18(15)21-13-20-17)11-10-23-8-4-1-5-9-23/h2-3,6-7,12-13H,1,4-5,8-11H2. The summed E-state index contributed by atoms with van der Waals surface area (Å²) >= 11 is 6.33. The van der Waals surface area contributed by atoms with Crippen molar-refractivity contribution in [3.8, 4) is 11.3 Å². The van der Waals surface area contributed by atoms with Gasteiger partial charge in [-0.25, -0.2) is 14.6 Å². The van der Waals surface area contributed by atoms with Crippen molar-refractivity contribution < 1.29 is 0 Å². The molecule has 0 amide bonds. The van der Waals surface area contributed by atoms with Gasteiger partial charge in [0.1, 0.15) is 6.33 Å². The Morgan fingerprint density at radius 1 is 1.00 bits per heavy atom. The highest BCUT2D eigenvalue weighted by atomic mass is 35.5. The Balaban J connectivity index is 1.63. The number of fused-ring (bicyclic) bond motifs is 1. The largest absolute Gasteiger partial charge is 0.301 e. The molecule has 6 heteroatoms. The molecule has 1 aliphatic heterocycles. The fourth-order valence-electron chi connectivity index (χ4n) is 3.34. The number of piperidine rings is 1. The van der Waals surface area contributed by atoms with E-state index in [0.29, 0.717) is 5.02 Å². The van der Waals surface area contributed by atoms with E-state index >= 15 is 0 Å². The summed E-state index contributed by atoms with van der Waals surface area (Å²) in [6, 6.07) is 7.75. The Morgan fingerprint density at radius 3 is 2.67 bits per heavy atom. The topological polar surface area (TPSA) is 46.8 Å². The quantitative estimate of drug-likeness (QED) is 0.727. The van der Waals surface area contributed by atoms with Gasteiger partial charge in [-0.05, 0) is 32.0 Å². The van der Waals surface area contributed by atoms with E-state index in [9.17, 15) is 0 Å². The van der Waals surface area contributed by atoms with Gasteiger partial charge in [-0.2, -0.15) is 5.10 Å². The Bertz CT molecular complexity index is 838. The molecule has 0 radical (unpaired) electrons. The molecule has 0 atom stereocenters. The van der Waals surface area contributed by atoms with E-state index in [1.165, 1.54) is 32.4 Å². The highest BCUT2D eigenvalue weighted by molar-refractivity contribution is 6.33. The predicted octanol–water partition coefficient (Wildman–Crippen LogP) is 3.63. The summed E-state index contributed by atoms with van der Waals surface area (Å²) in [5.74, 6) is 0. The zero-order chi connectivity index (χ0) is 16.4. The number of hydrogen-bond acceptors (Lipinski definition) is 4. The Kier molecular flexibility index (Phi) is 4.45. The molecule has 5 nitrogen and oxygen atoms in total. The third-order valence-electron chi connectivity index (χ3n) is 4.64. The number of halogens is 1. The van der Waals surface area contributed by atoms with Gasteiger partial charge in [0.05, 0.1) is 23.8 Å². The van der Waals surface area contributed by atoms with Gasteiger partial charge >= 0.3 is 0 Å². The van der Waals surface area contributed by atoms with E-state index in [1.807, 2.05) is 35.1 Å². The van der Waals surface area contributed by atoms with Crippen LogP contribution >= 0.6 is 11.6 Å². The molecule has 0 aliphatic carbocycles. The molecule has 24 heavy (non-hydrogen) atoms. The average Bonchev–Trinajstić information content (AvgIpc) is 3.05. The molecule has 2 aromatic heterocycles. The molecule has 4 rings (SSSR count). The Labute approximate surface area is 146 Å². The SMILES string of the molecule is Clc1ccccc1-c1ncnc2c1cnn2CCN1CCCCC1. The first-order valence-corrected chi connectivity index (χ1v) is 8.84. The van der Waals surface area contributed by atoms with E-state index in [4.69, 9.17) is 11.6 Å². The highest BCUT2D eigenvalue weighted by Gasteiger charge is 2.15. The molecule has 0 spiro atoms. The number of nitrogens with zero attached hydrogens (tertiary/aromatic N) is 5. The number of rotatable bonds is 4. The Hall–Kier alpha value is -1.98. The van der Waals surface area contributed by atoms with Gasteiger partial charge in [-0.3, -0.25) is 0 Å². The minimum Gasteiger partial charge on any atom is -0.301 e. The van der Waals surface area contributed by atoms with Crippen molar-refractivity contribution in [1.29, 1.82) is 0 Å². The van der Waals surface area contributed by atoms with Crippen LogP contribution in [0.5, 0.6) is 0 Å². The molecule has 124 valence electrons. The minimum absolute atomic E-state index is 0.693. The molecule has 1 aliphatic rings. The molecule has 0 bridgehead atoms. The second kappa shape index (κ2) is 6.87. The van der Waals surface area contributed by atoms with Crippen molar-refractivity contribution in [2.75, 3.05) is 19.6 Å². The van der Waals surface area contributed by atoms with Crippen LogP contribution in [-0.2, 0) is 6.54 Å². The minimum atomic E-state index is 0.693. The third kappa shape index (κ3) is 3.01. The number of aromatic nitrogens is 4. The first-order chi connectivity index (χ1) is 11.8. The van der Waals surface area contributed by atoms with Gasteiger partial charge in [0.2, 0.25) is 0 Å². The maximum Gasteiger partial charge on any atom is 0.161 e. The first kappa shape index (κ1) is 15.5. The maximum atomic E-state index is 6.33. The van der Waals surface area contributed by atoms with Crippen LogP contribution in [-0.4, -0.2) is 44.3 Å². The molecule has 0 unspecified atom stereocenters. The van der Waals surface area contributed by atoms with Gasteiger partial charge < -0.3 is 4.90 Å². The smallest absolute Gasteiger partial charge is 0.161 e. The van der Waals surface area contributed by atoms with Crippen LogP contribution in [0.4, 0.5) is 0 Å². The molecule has 1 fully saturated rings. The van der Waals surface area contributed by atoms with E-state index in [1.54, 1.807) is 6.33 Å². The summed E-state index contributed by atoms with van der Waals surface area (Å²) in [5.41, 5.74) is 2.63. The van der Waals surface area contributed by atoms with Gasteiger partial charge in [0.25, 0.3) is 0 Å². The molecule has 0 N–H and O–H groups in total. The summed E-state index contributed by atoms with van der Waals surface area (Å²) < 4.78 is 1.98. The van der Waals surface area contributed by atoms with E-state index in [-0.39, 0.29) is 0 Å². The molecular weight excluding hydrogens is 322 g/mol. The van der Waals surface area contributed by atoms with Gasteiger partial charge in [0, 0.05) is 17.1 Å². The normalized spacial score (nSPS) is 15.9. The van der Waals surface area contributed by atoms with Crippen molar-refractivity contribution in [2.24, 2.45) is 0 Å². The summed E-state index contributed by atoms with van der Waals surface area (Å²) in [7, 11) is 0. The van der Waals surface area contributed by atoms with Crippen molar-refractivity contribution in [2.45, 2.75) is 25.8 Å². The summed E-state index contributed by atoms with van der Waals surface area (Å²) in [6.45, 7) is 4.25. The zero-order valence-electron chi connectivity index (χ0n) is 13.5. The van der Waals surface area contributed by atoms with Gasteiger partial charge in [0.15, 0.2) is 5.65 Å². The van der Waals surface area contributed by atoms with Crippen molar-refractivity contribution in [3.63, 3.8) is 0 Å². The number of hydrogen-bond donors (Lipinski definition) is 0. The van der Waals surface area contributed by atoms with Gasteiger partial charge in [-0.1, -0.05) is 36.2 Å². The lowest BCUT2D eigenvalue weighted by Crippen LogP contribution is -2.32. The molecular formula is C18H20ClN5. The second-order valence-corrected chi connectivity index (χ2v) is 6.62. The lowest BCUT2D eigenvalue weighted by molar-refractivity contribution is 0.219. The van der Waals surface area contributed by atoms with Gasteiger partial charge in [-0.15, -0.1) is 0 Å². The van der Waals surface area contributed by atoms with Crippen LogP contribution in [0.25, 0.3) is 22.3 Å². The number of benzene rings is 1. The van der Waals surface area contributed by atoms with Crippen LogP contribution in [0, 0.1) is 0 Å². The summed E-state index contributed by atoms with van der Waals surface area (Å²) in [5, 5.41) is 6.18. The van der Waals surface area contributed by atoms with E-state index in [2.05, 4.69) is 20.0 Å². The molecule has 0 saturated carbocycles. The fourth-order valence-corrected chi connectivity index (χ4v) is 3.57. The zero-order valence-corrected chi connectivity index (χ0v) is 14.3. The predicted molar refractivity (Wildman–Crippen MR) is 96.1 cm³/mol. The fraction of sp³-hybridized carbons (Fsp3) is 0.389. The summed E-state index contributed by atoms with van der Waals surface area (Å²) in [6.07, 6.45) is 7.41. The lowest BCUT2D eigenvalue weighted by Gasteiger charge is -2.26. The highest BCUT2D eigenvalue weighted by Crippen LogP contribution is 2.30. The van der Waals surface area contributed by atoms with Crippen LogP contribution < -0.4 is 0 Å². The van der Waals surface area contributed by atoms with Crippen molar-refractivity contribution in [3.05, 3.63) is 41.8 Å². The number of likely N-dealkylation sites (tertiary alicyclic amines) is 1. The van der Waals surface area contributed by atoms with E-state index < -0.39 is 0 Å². The van der Waals surface area contributed by atoms with Crippen LogP contribution in [0.1, 0.15) is 19.3 Å². The van der Waals surface area contributed by atoms with Crippen LogP contribution in [0.2, 0.25) is 5.02 Å². The Morgan fingerprint density at radius 2 is 1.83 bits per heavy atom. The average molecular weight is 342 g/mol. The van der Waals surface area contributed by atoms with Crippen molar-refractivity contribution in [1.82, 2.24) is 24.6 Å². The second-order valence-electron chi connectivity index (χ2n) is 6.21. The summed E-state index contributed by atoms with van der Waals surface area (Å²) in [4.78, 5) is 11.4. The molecule has 3 heterocycles. The molecule has 1 aromatic carbocycles. The molecule has 3 aromatic rings. The van der Waals surface area contributed by atoms with Crippen LogP contribution in [0.15, 0.2) is 36.8 Å². The monoisotopic (exact) mass is 341 g/mol.